The number of halogens is 5. The number of anilines is 2. The number of nitriles is 1. The van der Waals surface area contributed by atoms with Crippen LogP contribution in [0.1, 0.15) is 33.3 Å². The van der Waals surface area contributed by atoms with Crippen molar-refractivity contribution in [3.63, 3.8) is 0 Å². The van der Waals surface area contributed by atoms with Gasteiger partial charge in [-0.3, -0.25) is 14.2 Å². The van der Waals surface area contributed by atoms with Crippen LogP contribution in [0.2, 0.25) is 20.1 Å². The summed E-state index contributed by atoms with van der Waals surface area (Å²) in [5.41, 5.74) is 6.57. The Morgan fingerprint density at radius 2 is 1.89 bits per heavy atom. The number of hydrogen-bond donors (Lipinski definition) is 1. The number of nitrogen functional groups attached to an aromatic ring is 1. The second kappa shape index (κ2) is 13.0. The van der Waals surface area contributed by atoms with Gasteiger partial charge in [-0.2, -0.15) is 5.26 Å². The third-order valence-electron chi connectivity index (χ3n) is 8.68. The number of benzene rings is 1. The van der Waals surface area contributed by atoms with Crippen LogP contribution in [0.5, 0.6) is 0 Å². The fourth-order valence-electron chi connectivity index (χ4n) is 6.49. The molecule has 9 nitrogen and oxygen atoms in total. The van der Waals surface area contributed by atoms with Crippen LogP contribution in [0.15, 0.2) is 41.4 Å². The lowest BCUT2D eigenvalue weighted by atomic mass is 9.93. The van der Waals surface area contributed by atoms with Gasteiger partial charge in [-0.15, -0.1) is 0 Å². The SMILES string of the molecule is C=CC(=O)N1CCN(c2c(C#N)c(=O)n(C3=C(C)C=CN(C)C3C(C)C)c3nc(-c4c(F)c(Cl)c(Cl)c(N)c4Cl)c(Cl)cc23)C[C@H]1C. The summed E-state index contributed by atoms with van der Waals surface area (Å²) in [6.07, 6.45) is 5.05. The van der Waals surface area contributed by atoms with E-state index < -0.39 is 16.4 Å². The summed E-state index contributed by atoms with van der Waals surface area (Å²) in [5.74, 6) is -1.18. The molecular weight excluding hydrogens is 687 g/mol. The molecule has 2 aliphatic rings. The van der Waals surface area contributed by atoms with Crippen molar-refractivity contribution in [3.8, 4) is 17.3 Å². The molecule has 1 aromatic carbocycles. The van der Waals surface area contributed by atoms with Gasteiger partial charge in [0, 0.05) is 38.1 Å². The van der Waals surface area contributed by atoms with Gasteiger partial charge < -0.3 is 20.4 Å². The monoisotopic (exact) mass is 717 g/mol. The largest absolute Gasteiger partial charge is 0.396 e. The molecule has 14 heteroatoms. The lowest BCUT2D eigenvalue weighted by Crippen LogP contribution is -2.54. The van der Waals surface area contributed by atoms with Gasteiger partial charge in [-0.05, 0) is 49.8 Å². The minimum atomic E-state index is -0.986. The molecular formula is C33H32Cl4FN7O2. The van der Waals surface area contributed by atoms with Gasteiger partial charge in [0.2, 0.25) is 5.91 Å². The van der Waals surface area contributed by atoms with Crippen LogP contribution >= 0.6 is 46.4 Å². The molecule has 1 amide bonds. The van der Waals surface area contributed by atoms with E-state index in [4.69, 9.17) is 57.1 Å². The molecule has 1 unspecified atom stereocenters. The Bertz CT molecular complexity index is 1990. The number of carbonyl (C=O) groups excluding carboxylic acids is 1. The second-order valence-electron chi connectivity index (χ2n) is 12.0. The number of nitrogens with two attached hydrogens (primary N) is 1. The molecule has 2 N–H and O–H groups in total. The second-order valence-corrected chi connectivity index (χ2v) is 13.5. The van der Waals surface area contributed by atoms with Gasteiger partial charge in [0.1, 0.15) is 17.3 Å². The van der Waals surface area contributed by atoms with E-state index in [-0.39, 0.29) is 67.1 Å². The Hall–Kier alpha value is -3.75. The van der Waals surface area contributed by atoms with E-state index in [9.17, 15) is 14.9 Å². The molecule has 4 heterocycles. The highest BCUT2D eigenvalue weighted by atomic mass is 35.5. The average molecular weight is 719 g/mol. The van der Waals surface area contributed by atoms with Gasteiger partial charge >= 0.3 is 0 Å². The highest BCUT2D eigenvalue weighted by molar-refractivity contribution is 6.47. The predicted molar refractivity (Wildman–Crippen MR) is 189 cm³/mol. The Kier molecular flexibility index (Phi) is 9.59. The fraction of sp³-hybridized carbons (Fsp3) is 0.333. The summed E-state index contributed by atoms with van der Waals surface area (Å²) in [4.78, 5) is 37.5. The molecule has 2 atom stereocenters. The van der Waals surface area contributed by atoms with Crippen molar-refractivity contribution in [2.24, 2.45) is 5.92 Å². The van der Waals surface area contributed by atoms with Crippen LogP contribution < -0.4 is 16.2 Å². The van der Waals surface area contributed by atoms with Crippen LogP contribution in [0.25, 0.3) is 28.0 Å². The summed E-state index contributed by atoms with van der Waals surface area (Å²) in [6, 6.07) is 3.10. The van der Waals surface area contributed by atoms with Crippen LogP contribution in [0.3, 0.4) is 0 Å². The van der Waals surface area contributed by atoms with Crippen molar-refractivity contribution < 1.29 is 9.18 Å². The zero-order valence-corrected chi connectivity index (χ0v) is 29.4. The number of hydrogen-bond acceptors (Lipinski definition) is 7. The maximum atomic E-state index is 15.8. The summed E-state index contributed by atoms with van der Waals surface area (Å²) in [5, 5.41) is 9.91. The number of fused-ring (bicyclic) bond motifs is 1. The summed E-state index contributed by atoms with van der Waals surface area (Å²) in [6.45, 7) is 12.3. The first-order valence-electron chi connectivity index (χ1n) is 14.8. The number of rotatable bonds is 5. The molecule has 0 bridgehead atoms. The number of nitrogens with zero attached hydrogens (tertiary/aromatic N) is 6. The van der Waals surface area contributed by atoms with E-state index in [0.717, 1.165) is 5.57 Å². The lowest BCUT2D eigenvalue weighted by Gasteiger charge is -2.41. The fourth-order valence-corrected chi connectivity index (χ4v) is 7.42. The van der Waals surface area contributed by atoms with Gasteiger partial charge in [0.25, 0.3) is 5.56 Å². The molecule has 3 aromatic rings. The third kappa shape index (κ3) is 5.63. The highest BCUT2D eigenvalue weighted by Gasteiger charge is 2.35. The molecule has 0 saturated carbocycles. The van der Waals surface area contributed by atoms with E-state index in [1.807, 2.05) is 56.8 Å². The van der Waals surface area contributed by atoms with Gasteiger partial charge in [0.05, 0.1) is 54.5 Å². The first-order valence-corrected chi connectivity index (χ1v) is 16.3. The number of carbonyl (C=O) groups is 1. The molecule has 2 aliphatic heterocycles. The van der Waals surface area contributed by atoms with Crippen molar-refractivity contribution in [2.75, 3.05) is 37.3 Å². The maximum absolute atomic E-state index is 15.8. The average Bonchev–Trinajstić information content (AvgIpc) is 3.03. The maximum Gasteiger partial charge on any atom is 0.276 e. The van der Waals surface area contributed by atoms with Crippen LogP contribution in [-0.2, 0) is 4.79 Å². The van der Waals surface area contributed by atoms with E-state index in [2.05, 4.69) is 12.6 Å². The van der Waals surface area contributed by atoms with Crippen molar-refractivity contribution in [3.05, 3.63) is 78.4 Å². The Morgan fingerprint density at radius 1 is 1.21 bits per heavy atom. The number of pyridine rings is 2. The molecule has 5 rings (SSSR count). The first-order chi connectivity index (χ1) is 22.2. The van der Waals surface area contributed by atoms with E-state index in [1.165, 1.54) is 16.7 Å². The van der Waals surface area contributed by atoms with E-state index >= 15 is 4.39 Å². The minimum absolute atomic E-state index is 0.0203. The number of aromatic nitrogens is 2. The standard InChI is InChI=1S/C33H32Cl4FN7O2/c1-7-21(46)44-11-10-43(14-17(44)5)31-18-12-20(34)28(22-23(35)27(40)25(37)24(36)26(22)38)41-32(18)45(33(47)19(31)13-39)30-16(4)8-9-42(6)29(30)15(2)3/h7-9,12,15,17,29H,1,10-11,14,40H2,2-6H3/t17-,29?/m1/s1. The zero-order chi connectivity index (χ0) is 34.6. The Labute approximate surface area is 291 Å². The third-order valence-corrected chi connectivity index (χ3v) is 10.2. The first kappa shape index (κ1) is 34.6. The van der Waals surface area contributed by atoms with Crippen LogP contribution in [-0.4, -0.2) is 64.0 Å². The topological polar surface area (TPSA) is 111 Å². The molecule has 1 fully saturated rings. The molecule has 246 valence electrons. The van der Waals surface area contributed by atoms with Gasteiger partial charge in [-0.25, -0.2) is 9.37 Å². The summed E-state index contributed by atoms with van der Waals surface area (Å²) < 4.78 is 17.2. The molecule has 2 aromatic heterocycles. The number of likely N-dealkylation sites (N-methyl/N-ethyl adjacent to an activating group) is 1. The lowest BCUT2D eigenvalue weighted by molar-refractivity contribution is -0.128. The smallest absolute Gasteiger partial charge is 0.276 e. The van der Waals surface area contributed by atoms with Crippen LogP contribution in [0, 0.1) is 23.1 Å². The van der Waals surface area contributed by atoms with Crippen molar-refractivity contribution in [1.82, 2.24) is 19.4 Å². The molecule has 0 radical (unpaired) electrons. The zero-order valence-electron chi connectivity index (χ0n) is 26.3. The van der Waals surface area contributed by atoms with Gasteiger partial charge in [0.15, 0.2) is 5.82 Å². The predicted octanol–water partition coefficient (Wildman–Crippen LogP) is 7.21. The number of piperazine rings is 1. The van der Waals surface area contributed by atoms with E-state index in [1.54, 1.807) is 4.90 Å². The molecule has 1 saturated heterocycles. The highest BCUT2D eigenvalue weighted by Crippen LogP contribution is 2.46. The van der Waals surface area contributed by atoms with Gasteiger partial charge in [-0.1, -0.05) is 66.8 Å². The quantitative estimate of drug-likeness (QED) is 0.129. The molecule has 0 spiro atoms. The number of allylic oxidation sites excluding steroid dienone is 2. The molecule has 0 aliphatic carbocycles. The Morgan fingerprint density at radius 3 is 2.49 bits per heavy atom. The normalized spacial score (nSPS) is 18.4. The van der Waals surface area contributed by atoms with E-state index in [0.29, 0.717) is 36.4 Å². The van der Waals surface area contributed by atoms with Crippen molar-refractivity contribution in [2.45, 2.75) is 39.8 Å². The molecule has 47 heavy (non-hydrogen) atoms. The minimum Gasteiger partial charge on any atom is -0.396 e. The van der Waals surface area contributed by atoms with Crippen molar-refractivity contribution in [1.29, 1.82) is 5.26 Å². The number of amides is 1. The summed E-state index contributed by atoms with van der Waals surface area (Å²) >= 11 is 25.7. The Balaban J connectivity index is 1.92. The van der Waals surface area contributed by atoms with Crippen molar-refractivity contribution >= 4 is 80.4 Å². The summed E-state index contributed by atoms with van der Waals surface area (Å²) in [7, 11) is 1.90. The van der Waals surface area contributed by atoms with Crippen LogP contribution in [0.4, 0.5) is 15.8 Å².